The molecule has 0 aliphatic heterocycles. The van der Waals surface area contributed by atoms with Gasteiger partial charge in [0.25, 0.3) is 0 Å². The standard InChI is InChI=1S/C25H27N5O/c1-25(2,17-26)19-10-6-11-20(14-19)28-24(31)29-22-12-7-13-23-21(22)15-27-30(23)16-18-8-4-3-5-9-18/h3-6,8-11,14-15,22H,7,12-13,16H2,1-2H3,(H2,28,29,31). The van der Waals surface area contributed by atoms with Crippen LogP contribution in [-0.4, -0.2) is 15.8 Å². The molecule has 4 rings (SSSR count). The van der Waals surface area contributed by atoms with E-state index in [4.69, 9.17) is 0 Å². The first-order valence-corrected chi connectivity index (χ1v) is 10.6. The number of amides is 2. The second-order valence-corrected chi connectivity index (χ2v) is 8.55. The summed E-state index contributed by atoms with van der Waals surface area (Å²) in [6.07, 6.45) is 4.74. The zero-order chi connectivity index (χ0) is 21.8. The molecule has 1 aliphatic carbocycles. The van der Waals surface area contributed by atoms with E-state index in [0.29, 0.717) is 5.69 Å². The lowest BCUT2D eigenvalue weighted by molar-refractivity contribution is 0.247. The van der Waals surface area contributed by atoms with Crippen LogP contribution in [0.25, 0.3) is 0 Å². The number of nitrogens with zero attached hydrogens (tertiary/aromatic N) is 3. The summed E-state index contributed by atoms with van der Waals surface area (Å²) < 4.78 is 2.05. The lowest BCUT2D eigenvalue weighted by atomic mass is 9.86. The molecule has 1 aromatic heterocycles. The van der Waals surface area contributed by atoms with Gasteiger partial charge in [-0.15, -0.1) is 0 Å². The summed E-state index contributed by atoms with van der Waals surface area (Å²) in [5.74, 6) is 0. The third-order valence-corrected chi connectivity index (χ3v) is 5.86. The molecule has 6 heteroatoms. The minimum Gasteiger partial charge on any atom is -0.331 e. The molecule has 1 heterocycles. The first-order chi connectivity index (χ1) is 15.0. The number of carbonyl (C=O) groups is 1. The number of carbonyl (C=O) groups excluding carboxylic acids is 1. The van der Waals surface area contributed by atoms with Gasteiger partial charge < -0.3 is 10.6 Å². The van der Waals surface area contributed by atoms with Crippen molar-refractivity contribution >= 4 is 11.7 Å². The van der Waals surface area contributed by atoms with Crippen molar-refractivity contribution in [1.29, 1.82) is 5.26 Å². The highest BCUT2D eigenvalue weighted by Gasteiger charge is 2.26. The maximum atomic E-state index is 12.7. The van der Waals surface area contributed by atoms with Gasteiger partial charge in [-0.25, -0.2) is 4.79 Å². The third-order valence-electron chi connectivity index (χ3n) is 5.86. The largest absolute Gasteiger partial charge is 0.331 e. The molecule has 0 saturated heterocycles. The van der Waals surface area contributed by atoms with Crippen molar-refractivity contribution in [3.63, 3.8) is 0 Å². The van der Waals surface area contributed by atoms with E-state index in [1.165, 1.54) is 11.3 Å². The number of fused-ring (bicyclic) bond motifs is 1. The summed E-state index contributed by atoms with van der Waals surface area (Å²) in [5, 5.41) is 20.0. The quantitative estimate of drug-likeness (QED) is 0.622. The Hall–Kier alpha value is -3.59. The fourth-order valence-electron chi connectivity index (χ4n) is 4.04. The zero-order valence-corrected chi connectivity index (χ0v) is 17.9. The van der Waals surface area contributed by atoms with Crippen molar-refractivity contribution in [2.45, 2.75) is 51.1 Å². The van der Waals surface area contributed by atoms with Crippen molar-refractivity contribution in [2.24, 2.45) is 0 Å². The zero-order valence-electron chi connectivity index (χ0n) is 17.9. The molecular formula is C25H27N5O. The monoisotopic (exact) mass is 413 g/mol. The van der Waals surface area contributed by atoms with Gasteiger partial charge >= 0.3 is 6.03 Å². The van der Waals surface area contributed by atoms with Gasteiger partial charge in [0.2, 0.25) is 0 Å². The predicted octanol–water partition coefficient (Wildman–Crippen LogP) is 4.93. The Balaban J connectivity index is 1.45. The summed E-state index contributed by atoms with van der Waals surface area (Å²) in [6, 6.07) is 19.7. The molecule has 158 valence electrons. The molecule has 6 nitrogen and oxygen atoms in total. The number of benzene rings is 2. The van der Waals surface area contributed by atoms with Gasteiger partial charge in [0.1, 0.15) is 0 Å². The van der Waals surface area contributed by atoms with Crippen LogP contribution in [0.2, 0.25) is 0 Å². The van der Waals surface area contributed by atoms with Crippen LogP contribution in [0.1, 0.15) is 55.1 Å². The number of hydrogen-bond acceptors (Lipinski definition) is 3. The summed E-state index contributed by atoms with van der Waals surface area (Å²) in [5.41, 5.74) is 4.43. The van der Waals surface area contributed by atoms with E-state index in [-0.39, 0.29) is 12.1 Å². The number of aromatic nitrogens is 2. The van der Waals surface area contributed by atoms with Crippen LogP contribution in [-0.2, 0) is 18.4 Å². The Kier molecular flexibility index (Phi) is 5.77. The van der Waals surface area contributed by atoms with Gasteiger partial charge in [-0.1, -0.05) is 42.5 Å². The normalized spacial score (nSPS) is 15.6. The summed E-state index contributed by atoms with van der Waals surface area (Å²) in [4.78, 5) is 12.7. The van der Waals surface area contributed by atoms with Gasteiger partial charge in [0.15, 0.2) is 0 Å². The Morgan fingerprint density at radius 1 is 1.23 bits per heavy atom. The maximum absolute atomic E-state index is 12.7. The molecule has 3 aromatic rings. The summed E-state index contributed by atoms with van der Waals surface area (Å²) >= 11 is 0. The Morgan fingerprint density at radius 3 is 2.81 bits per heavy atom. The fraction of sp³-hybridized carbons (Fsp3) is 0.320. The number of urea groups is 1. The van der Waals surface area contributed by atoms with Crippen molar-refractivity contribution in [3.8, 4) is 6.07 Å². The van der Waals surface area contributed by atoms with E-state index < -0.39 is 5.41 Å². The molecule has 0 saturated carbocycles. The highest BCUT2D eigenvalue weighted by molar-refractivity contribution is 5.89. The third kappa shape index (κ3) is 4.61. The lowest BCUT2D eigenvalue weighted by Crippen LogP contribution is -2.34. The van der Waals surface area contributed by atoms with Crippen LogP contribution < -0.4 is 10.6 Å². The number of nitrogens with one attached hydrogen (secondary N) is 2. The Morgan fingerprint density at radius 2 is 2.03 bits per heavy atom. The highest BCUT2D eigenvalue weighted by atomic mass is 16.2. The Labute approximate surface area is 182 Å². The number of anilines is 1. The van der Waals surface area contributed by atoms with Crippen LogP contribution in [0.5, 0.6) is 0 Å². The van der Waals surface area contributed by atoms with Crippen LogP contribution in [0.15, 0.2) is 60.8 Å². The number of hydrogen-bond donors (Lipinski definition) is 2. The van der Waals surface area contributed by atoms with Crippen molar-refractivity contribution in [1.82, 2.24) is 15.1 Å². The molecule has 2 amide bonds. The minimum absolute atomic E-state index is 0.0630. The van der Waals surface area contributed by atoms with Crippen LogP contribution in [0.4, 0.5) is 10.5 Å². The lowest BCUT2D eigenvalue weighted by Gasteiger charge is -2.24. The maximum Gasteiger partial charge on any atom is 0.319 e. The van der Waals surface area contributed by atoms with E-state index in [0.717, 1.165) is 36.9 Å². The molecule has 0 spiro atoms. The summed E-state index contributed by atoms with van der Waals surface area (Å²) in [7, 11) is 0. The van der Waals surface area contributed by atoms with Crippen LogP contribution in [0, 0.1) is 11.3 Å². The van der Waals surface area contributed by atoms with Crippen LogP contribution in [0.3, 0.4) is 0 Å². The average Bonchev–Trinajstić information content (AvgIpc) is 3.18. The first kappa shape index (κ1) is 20.7. The fourth-order valence-corrected chi connectivity index (χ4v) is 4.04. The van der Waals surface area contributed by atoms with Crippen molar-refractivity contribution < 1.29 is 4.79 Å². The minimum atomic E-state index is -0.611. The SMILES string of the molecule is CC(C)(C#N)c1cccc(NC(=O)NC2CCCc3c2cnn3Cc2ccccc2)c1. The number of nitriles is 1. The summed E-state index contributed by atoms with van der Waals surface area (Å²) in [6.45, 7) is 4.46. The second kappa shape index (κ2) is 8.65. The molecule has 31 heavy (non-hydrogen) atoms. The van der Waals surface area contributed by atoms with E-state index in [1.807, 2.05) is 67.2 Å². The number of rotatable bonds is 5. The van der Waals surface area contributed by atoms with E-state index in [9.17, 15) is 10.1 Å². The molecule has 2 aromatic carbocycles. The first-order valence-electron chi connectivity index (χ1n) is 10.6. The van der Waals surface area contributed by atoms with Gasteiger partial charge in [-0.05, 0) is 56.4 Å². The molecule has 1 atom stereocenters. The molecule has 2 N–H and O–H groups in total. The van der Waals surface area contributed by atoms with Crippen molar-refractivity contribution in [3.05, 3.63) is 83.2 Å². The van der Waals surface area contributed by atoms with Gasteiger partial charge in [0, 0.05) is 16.9 Å². The van der Waals surface area contributed by atoms with Gasteiger partial charge in [0.05, 0.1) is 30.3 Å². The Bertz CT molecular complexity index is 1110. The topological polar surface area (TPSA) is 82.7 Å². The molecule has 0 bridgehead atoms. The highest BCUT2D eigenvalue weighted by Crippen LogP contribution is 2.30. The van der Waals surface area contributed by atoms with Gasteiger partial charge in [-0.3, -0.25) is 4.68 Å². The molecular weight excluding hydrogens is 386 g/mol. The van der Waals surface area contributed by atoms with Crippen LogP contribution >= 0.6 is 0 Å². The van der Waals surface area contributed by atoms with Crippen molar-refractivity contribution in [2.75, 3.05) is 5.32 Å². The molecule has 0 radical (unpaired) electrons. The molecule has 1 unspecified atom stereocenters. The average molecular weight is 414 g/mol. The van der Waals surface area contributed by atoms with Gasteiger partial charge in [-0.2, -0.15) is 10.4 Å². The molecule has 1 aliphatic rings. The van der Waals surface area contributed by atoms with E-state index in [1.54, 1.807) is 0 Å². The predicted molar refractivity (Wildman–Crippen MR) is 121 cm³/mol. The second-order valence-electron chi connectivity index (χ2n) is 8.55. The smallest absolute Gasteiger partial charge is 0.319 e. The van der Waals surface area contributed by atoms with E-state index >= 15 is 0 Å². The molecule has 0 fully saturated rings. The van der Waals surface area contributed by atoms with E-state index in [2.05, 4.69) is 33.9 Å².